The van der Waals surface area contributed by atoms with Crippen LogP contribution in [0.4, 0.5) is 0 Å². The van der Waals surface area contributed by atoms with Gasteiger partial charge < -0.3 is 11.1 Å². The molecular weight excluding hydrogens is 438 g/mol. The third-order valence-electron chi connectivity index (χ3n) is 5.53. The Morgan fingerprint density at radius 3 is 2.32 bits per heavy atom. The second-order valence-corrected chi connectivity index (χ2v) is 9.89. The minimum absolute atomic E-state index is 0.0646. The molecule has 1 saturated carbocycles. The van der Waals surface area contributed by atoms with Crippen molar-refractivity contribution < 1.29 is 18.0 Å². The minimum atomic E-state index is -3.91. The molecule has 0 bridgehead atoms. The van der Waals surface area contributed by atoms with E-state index < -0.39 is 27.9 Å². The average molecular weight is 464 g/mol. The van der Waals surface area contributed by atoms with Gasteiger partial charge in [0, 0.05) is 29.7 Å². The van der Waals surface area contributed by atoms with Gasteiger partial charge in [-0.1, -0.05) is 30.2 Å². The summed E-state index contributed by atoms with van der Waals surface area (Å²) in [6, 6.07) is 12.2. The van der Waals surface area contributed by atoms with Gasteiger partial charge in [-0.05, 0) is 61.7 Å². The summed E-state index contributed by atoms with van der Waals surface area (Å²) in [4.78, 5) is 24.1. The first kappa shape index (κ1) is 23.2. The van der Waals surface area contributed by atoms with E-state index in [2.05, 4.69) is 5.32 Å². The standard InChI is InChI=1S/C22H26ClN3O4S/c1-2-25-22(28)16-8-6-15(7-9-16)14-26(20-5-3-4-19(20)21(24)27)31(29,30)18-12-10-17(23)11-13-18/h6-13,19-20H,2-5,14H2,1H3,(H2,24,27)(H,25,28). The van der Waals surface area contributed by atoms with Crippen molar-refractivity contribution in [3.05, 3.63) is 64.7 Å². The van der Waals surface area contributed by atoms with Crippen LogP contribution in [0.2, 0.25) is 5.02 Å². The van der Waals surface area contributed by atoms with Gasteiger partial charge in [-0.2, -0.15) is 4.31 Å². The molecule has 1 aliphatic rings. The van der Waals surface area contributed by atoms with Gasteiger partial charge in [0.2, 0.25) is 15.9 Å². The Morgan fingerprint density at radius 2 is 1.74 bits per heavy atom. The summed E-state index contributed by atoms with van der Waals surface area (Å²) in [5.74, 6) is -1.23. The molecule has 31 heavy (non-hydrogen) atoms. The minimum Gasteiger partial charge on any atom is -0.369 e. The smallest absolute Gasteiger partial charge is 0.251 e. The fourth-order valence-corrected chi connectivity index (χ4v) is 5.75. The van der Waals surface area contributed by atoms with Crippen molar-refractivity contribution in [1.82, 2.24) is 9.62 Å². The van der Waals surface area contributed by atoms with E-state index in [-0.39, 0.29) is 17.3 Å². The van der Waals surface area contributed by atoms with Crippen molar-refractivity contribution >= 4 is 33.4 Å². The van der Waals surface area contributed by atoms with E-state index in [1.54, 1.807) is 24.3 Å². The topological polar surface area (TPSA) is 110 Å². The zero-order valence-corrected chi connectivity index (χ0v) is 18.8. The average Bonchev–Trinajstić information content (AvgIpc) is 3.22. The van der Waals surface area contributed by atoms with Crippen molar-refractivity contribution in [1.29, 1.82) is 0 Å². The van der Waals surface area contributed by atoms with E-state index in [9.17, 15) is 18.0 Å². The normalized spacial score (nSPS) is 18.8. The Kier molecular flexibility index (Phi) is 7.35. The van der Waals surface area contributed by atoms with E-state index in [0.717, 1.165) is 6.42 Å². The highest BCUT2D eigenvalue weighted by Gasteiger charge is 2.41. The zero-order chi connectivity index (χ0) is 22.6. The molecule has 2 unspecified atom stereocenters. The summed E-state index contributed by atoms with van der Waals surface area (Å²) in [7, 11) is -3.91. The van der Waals surface area contributed by atoms with Gasteiger partial charge in [0.25, 0.3) is 5.91 Å². The maximum atomic E-state index is 13.5. The summed E-state index contributed by atoms with van der Waals surface area (Å²) in [6.45, 7) is 2.42. The molecule has 0 radical (unpaired) electrons. The monoisotopic (exact) mass is 463 g/mol. The number of carbonyl (C=O) groups excluding carboxylic acids is 2. The Hall–Kier alpha value is -2.42. The lowest BCUT2D eigenvalue weighted by Gasteiger charge is -2.31. The van der Waals surface area contributed by atoms with Gasteiger partial charge in [0.15, 0.2) is 0 Å². The molecular formula is C22H26ClN3O4S. The van der Waals surface area contributed by atoms with E-state index in [4.69, 9.17) is 17.3 Å². The number of amides is 2. The molecule has 3 rings (SSSR count). The third kappa shape index (κ3) is 5.26. The predicted molar refractivity (Wildman–Crippen MR) is 119 cm³/mol. The maximum Gasteiger partial charge on any atom is 0.251 e. The van der Waals surface area contributed by atoms with Gasteiger partial charge in [-0.25, -0.2) is 8.42 Å². The van der Waals surface area contributed by atoms with Gasteiger partial charge in [-0.3, -0.25) is 9.59 Å². The summed E-state index contributed by atoms with van der Waals surface area (Å²) < 4.78 is 28.4. The fraction of sp³-hybridized carbons (Fsp3) is 0.364. The van der Waals surface area contributed by atoms with Crippen LogP contribution in [0.25, 0.3) is 0 Å². The van der Waals surface area contributed by atoms with E-state index in [1.165, 1.54) is 28.6 Å². The van der Waals surface area contributed by atoms with Crippen LogP contribution in [0, 0.1) is 5.92 Å². The van der Waals surface area contributed by atoms with Crippen molar-refractivity contribution in [2.45, 2.75) is 43.7 Å². The lowest BCUT2D eigenvalue weighted by atomic mass is 10.0. The molecule has 2 aromatic rings. The first-order valence-electron chi connectivity index (χ1n) is 10.2. The molecule has 1 aliphatic carbocycles. The van der Waals surface area contributed by atoms with Crippen LogP contribution >= 0.6 is 11.6 Å². The Morgan fingerprint density at radius 1 is 1.10 bits per heavy atom. The number of nitrogens with two attached hydrogens (primary N) is 1. The number of primary amides is 1. The Labute approximate surface area is 187 Å². The van der Waals surface area contributed by atoms with Crippen molar-refractivity contribution in [3.8, 4) is 0 Å². The summed E-state index contributed by atoms with van der Waals surface area (Å²) in [6.07, 6.45) is 1.83. The number of hydrogen-bond acceptors (Lipinski definition) is 4. The van der Waals surface area contributed by atoms with Crippen LogP contribution < -0.4 is 11.1 Å². The quantitative estimate of drug-likeness (QED) is 0.627. The number of carbonyl (C=O) groups is 2. The van der Waals surface area contributed by atoms with Gasteiger partial charge in [-0.15, -0.1) is 0 Å². The number of rotatable bonds is 8. The molecule has 2 aromatic carbocycles. The number of benzene rings is 2. The molecule has 2 atom stereocenters. The highest BCUT2D eigenvalue weighted by atomic mass is 35.5. The second-order valence-electron chi connectivity index (χ2n) is 7.57. The van der Waals surface area contributed by atoms with Gasteiger partial charge in [0.05, 0.1) is 10.8 Å². The maximum absolute atomic E-state index is 13.5. The number of sulfonamides is 1. The number of halogens is 1. The molecule has 166 valence electrons. The molecule has 0 saturated heterocycles. The Balaban J connectivity index is 1.95. The molecule has 0 spiro atoms. The first-order valence-corrected chi connectivity index (χ1v) is 12.0. The molecule has 0 aromatic heterocycles. The van der Waals surface area contributed by atoms with Crippen LogP contribution in [0.15, 0.2) is 53.4 Å². The van der Waals surface area contributed by atoms with Crippen molar-refractivity contribution in [2.24, 2.45) is 11.7 Å². The molecule has 3 N–H and O–H groups in total. The van der Waals surface area contributed by atoms with Crippen LogP contribution in [-0.4, -0.2) is 37.1 Å². The van der Waals surface area contributed by atoms with Crippen LogP contribution in [0.1, 0.15) is 42.1 Å². The third-order valence-corrected chi connectivity index (χ3v) is 7.66. The highest BCUT2D eigenvalue weighted by molar-refractivity contribution is 7.89. The summed E-state index contributed by atoms with van der Waals surface area (Å²) in [5.41, 5.74) is 6.78. The number of nitrogens with zero attached hydrogens (tertiary/aromatic N) is 1. The molecule has 1 fully saturated rings. The van der Waals surface area contributed by atoms with Crippen molar-refractivity contribution in [2.75, 3.05) is 6.54 Å². The number of nitrogens with one attached hydrogen (secondary N) is 1. The van der Waals surface area contributed by atoms with E-state index in [1.807, 2.05) is 6.92 Å². The summed E-state index contributed by atoms with van der Waals surface area (Å²) in [5, 5.41) is 3.16. The second kappa shape index (κ2) is 9.80. The SMILES string of the molecule is CCNC(=O)c1ccc(CN(C2CCCC2C(N)=O)S(=O)(=O)c2ccc(Cl)cc2)cc1. The fourth-order valence-electron chi connectivity index (χ4n) is 3.94. The van der Waals surface area contributed by atoms with Crippen LogP contribution in [0.3, 0.4) is 0 Å². The number of hydrogen-bond donors (Lipinski definition) is 2. The van der Waals surface area contributed by atoms with Crippen molar-refractivity contribution in [3.63, 3.8) is 0 Å². The molecule has 9 heteroatoms. The van der Waals surface area contributed by atoms with Crippen LogP contribution in [-0.2, 0) is 21.4 Å². The predicted octanol–water partition coefficient (Wildman–Crippen LogP) is 2.93. The summed E-state index contributed by atoms with van der Waals surface area (Å²) >= 11 is 5.92. The first-order chi connectivity index (χ1) is 14.7. The lowest BCUT2D eigenvalue weighted by Crippen LogP contribution is -2.45. The zero-order valence-electron chi connectivity index (χ0n) is 17.3. The molecule has 0 aliphatic heterocycles. The Bertz CT molecular complexity index is 1040. The highest BCUT2D eigenvalue weighted by Crippen LogP contribution is 2.34. The molecule has 2 amide bonds. The van der Waals surface area contributed by atoms with E-state index in [0.29, 0.717) is 35.5 Å². The molecule has 0 heterocycles. The van der Waals surface area contributed by atoms with Crippen LogP contribution in [0.5, 0.6) is 0 Å². The largest absolute Gasteiger partial charge is 0.369 e. The molecule has 7 nitrogen and oxygen atoms in total. The van der Waals surface area contributed by atoms with Gasteiger partial charge >= 0.3 is 0 Å². The van der Waals surface area contributed by atoms with E-state index >= 15 is 0 Å². The lowest BCUT2D eigenvalue weighted by molar-refractivity contribution is -0.122. The van der Waals surface area contributed by atoms with Gasteiger partial charge in [0.1, 0.15) is 0 Å².